The molecule has 0 aliphatic carbocycles. The fourth-order valence-electron chi connectivity index (χ4n) is 1.56. The molecule has 3 N–H and O–H groups in total. The van der Waals surface area contributed by atoms with Gasteiger partial charge in [-0.2, -0.15) is 0 Å². The lowest BCUT2D eigenvalue weighted by Crippen LogP contribution is -2.30. The highest BCUT2D eigenvalue weighted by atomic mass is 16.3. The minimum atomic E-state index is 0.0708. The predicted octanol–water partition coefficient (Wildman–Crippen LogP) is 3.18. The van der Waals surface area contributed by atoms with Crippen molar-refractivity contribution in [2.24, 2.45) is 5.41 Å². The van der Waals surface area contributed by atoms with Crippen molar-refractivity contribution in [2.45, 2.75) is 40.2 Å². The zero-order valence-corrected chi connectivity index (χ0v) is 11.1. The van der Waals surface area contributed by atoms with Gasteiger partial charge in [-0.3, -0.25) is 0 Å². The Morgan fingerprint density at radius 3 is 2.47 bits per heavy atom. The van der Waals surface area contributed by atoms with Crippen molar-refractivity contribution >= 4 is 0 Å². The van der Waals surface area contributed by atoms with E-state index in [1.165, 1.54) is 6.07 Å². The Hall–Kier alpha value is -1.22. The van der Waals surface area contributed by atoms with Gasteiger partial charge in [0.25, 0.3) is 0 Å². The summed E-state index contributed by atoms with van der Waals surface area (Å²) in [6.07, 6.45) is 1.11. The minimum absolute atomic E-state index is 0.0708. The summed E-state index contributed by atoms with van der Waals surface area (Å²) in [7, 11) is 0. The molecule has 1 rings (SSSR count). The Kier molecular flexibility index (Phi) is 4.40. The number of phenols is 2. The third-order valence-electron chi connectivity index (χ3n) is 3.32. The first-order valence-corrected chi connectivity index (χ1v) is 6.11. The third-order valence-corrected chi connectivity index (χ3v) is 3.32. The summed E-state index contributed by atoms with van der Waals surface area (Å²) in [4.78, 5) is 0. The molecule has 1 unspecified atom stereocenters. The van der Waals surface area contributed by atoms with Crippen LogP contribution in [0.5, 0.6) is 11.5 Å². The van der Waals surface area contributed by atoms with Gasteiger partial charge >= 0.3 is 0 Å². The van der Waals surface area contributed by atoms with E-state index in [-0.39, 0.29) is 23.0 Å². The van der Waals surface area contributed by atoms with Gasteiger partial charge in [0.15, 0.2) is 0 Å². The Balaban J connectivity index is 2.67. The summed E-state index contributed by atoms with van der Waals surface area (Å²) < 4.78 is 0. The van der Waals surface area contributed by atoms with Crippen LogP contribution in [0.4, 0.5) is 0 Å². The summed E-state index contributed by atoms with van der Waals surface area (Å²) in [6, 6.07) is 4.79. The van der Waals surface area contributed by atoms with Gasteiger partial charge in [0.05, 0.1) is 0 Å². The molecular formula is C14H23NO2. The van der Waals surface area contributed by atoms with Crippen molar-refractivity contribution in [2.75, 3.05) is 6.54 Å². The summed E-state index contributed by atoms with van der Waals surface area (Å²) in [5.74, 6) is 0.228. The number of nitrogens with one attached hydrogen (secondary N) is 1. The number of hydrogen-bond donors (Lipinski definition) is 3. The molecule has 17 heavy (non-hydrogen) atoms. The maximum absolute atomic E-state index is 9.75. The smallest absolute Gasteiger partial charge is 0.124 e. The maximum Gasteiger partial charge on any atom is 0.124 e. The molecule has 0 spiro atoms. The van der Waals surface area contributed by atoms with Gasteiger partial charge in [-0.1, -0.05) is 26.8 Å². The van der Waals surface area contributed by atoms with Crippen LogP contribution < -0.4 is 5.32 Å². The number of phenolic OH excluding ortho intramolecular Hbond substituents is 2. The first-order chi connectivity index (χ1) is 7.85. The average Bonchev–Trinajstić information content (AvgIpc) is 2.26. The Labute approximate surface area is 103 Å². The largest absolute Gasteiger partial charge is 0.508 e. The van der Waals surface area contributed by atoms with Gasteiger partial charge in [-0.15, -0.1) is 0 Å². The molecular weight excluding hydrogens is 214 g/mol. The van der Waals surface area contributed by atoms with Crippen LogP contribution in [-0.4, -0.2) is 16.8 Å². The lowest BCUT2D eigenvalue weighted by molar-refractivity contribution is 0.311. The minimum Gasteiger partial charge on any atom is -0.508 e. The van der Waals surface area contributed by atoms with Gasteiger partial charge in [0, 0.05) is 24.2 Å². The Morgan fingerprint density at radius 1 is 1.29 bits per heavy atom. The van der Waals surface area contributed by atoms with Gasteiger partial charge in [-0.05, 0) is 24.8 Å². The van der Waals surface area contributed by atoms with Gasteiger partial charge in [0.1, 0.15) is 11.5 Å². The van der Waals surface area contributed by atoms with Crippen LogP contribution in [0.3, 0.4) is 0 Å². The quantitative estimate of drug-likeness (QED) is 0.737. The number of benzene rings is 1. The van der Waals surface area contributed by atoms with Gasteiger partial charge in [-0.25, -0.2) is 0 Å². The first-order valence-electron chi connectivity index (χ1n) is 6.11. The molecule has 1 atom stereocenters. The second-order valence-electron chi connectivity index (χ2n) is 5.36. The fourth-order valence-corrected chi connectivity index (χ4v) is 1.56. The molecule has 0 radical (unpaired) electrons. The molecule has 3 heteroatoms. The van der Waals surface area contributed by atoms with E-state index in [0.717, 1.165) is 18.5 Å². The molecule has 0 heterocycles. The number of rotatable bonds is 5. The molecule has 0 amide bonds. The van der Waals surface area contributed by atoms with E-state index >= 15 is 0 Å². The highest BCUT2D eigenvalue weighted by Crippen LogP contribution is 2.28. The Morgan fingerprint density at radius 2 is 1.94 bits per heavy atom. The summed E-state index contributed by atoms with van der Waals surface area (Å²) in [6.45, 7) is 9.50. The topological polar surface area (TPSA) is 52.5 Å². The molecule has 0 fully saturated rings. The zero-order valence-electron chi connectivity index (χ0n) is 11.1. The van der Waals surface area contributed by atoms with Crippen molar-refractivity contribution in [3.63, 3.8) is 0 Å². The summed E-state index contributed by atoms with van der Waals surface area (Å²) >= 11 is 0. The van der Waals surface area contributed by atoms with Crippen LogP contribution in [0, 0.1) is 5.41 Å². The maximum atomic E-state index is 9.75. The second kappa shape index (κ2) is 5.41. The van der Waals surface area contributed by atoms with Crippen LogP contribution in [0.1, 0.15) is 45.7 Å². The molecule has 96 valence electrons. The average molecular weight is 237 g/mol. The molecule has 0 aliphatic heterocycles. The molecule has 0 saturated carbocycles. The molecule has 0 aromatic heterocycles. The van der Waals surface area contributed by atoms with Crippen molar-refractivity contribution in [1.29, 1.82) is 0 Å². The van der Waals surface area contributed by atoms with Crippen molar-refractivity contribution in [1.82, 2.24) is 5.32 Å². The van der Waals surface area contributed by atoms with E-state index in [1.807, 2.05) is 6.92 Å². The first kappa shape index (κ1) is 13.8. The predicted molar refractivity (Wildman–Crippen MR) is 70.3 cm³/mol. The number of hydrogen-bond acceptors (Lipinski definition) is 3. The summed E-state index contributed by atoms with van der Waals surface area (Å²) in [5, 5.41) is 22.4. The highest BCUT2D eigenvalue weighted by molar-refractivity contribution is 5.40. The fraction of sp³-hybridized carbons (Fsp3) is 0.571. The van der Waals surface area contributed by atoms with Gasteiger partial charge < -0.3 is 15.5 Å². The van der Waals surface area contributed by atoms with Gasteiger partial charge in [0.2, 0.25) is 0 Å². The third kappa shape index (κ3) is 3.93. The molecule has 1 aromatic carbocycles. The monoisotopic (exact) mass is 237 g/mol. The molecule has 3 nitrogen and oxygen atoms in total. The van der Waals surface area contributed by atoms with Crippen LogP contribution in [0.2, 0.25) is 0 Å². The van der Waals surface area contributed by atoms with Crippen LogP contribution in [-0.2, 0) is 0 Å². The van der Waals surface area contributed by atoms with Crippen LogP contribution in [0.25, 0.3) is 0 Å². The SMILES string of the molecule is CCC(C)(C)CNC(C)c1ccc(O)cc1O. The lowest BCUT2D eigenvalue weighted by atomic mass is 9.90. The highest BCUT2D eigenvalue weighted by Gasteiger charge is 2.17. The molecule has 0 bridgehead atoms. The zero-order chi connectivity index (χ0) is 13.1. The summed E-state index contributed by atoms with van der Waals surface area (Å²) in [5.41, 5.74) is 1.07. The van der Waals surface area contributed by atoms with Crippen molar-refractivity contribution < 1.29 is 10.2 Å². The number of aromatic hydroxyl groups is 2. The van der Waals surface area contributed by atoms with E-state index < -0.39 is 0 Å². The van der Waals surface area contributed by atoms with E-state index in [9.17, 15) is 10.2 Å². The van der Waals surface area contributed by atoms with Crippen molar-refractivity contribution in [3.8, 4) is 11.5 Å². The standard InChI is InChI=1S/C14H23NO2/c1-5-14(3,4)9-15-10(2)12-7-6-11(16)8-13(12)17/h6-8,10,15-17H,5,9H2,1-4H3. The van der Waals surface area contributed by atoms with E-state index in [4.69, 9.17) is 0 Å². The van der Waals surface area contributed by atoms with Crippen molar-refractivity contribution in [3.05, 3.63) is 23.8 Å². The lowest BCUT2D eigenvalue weighted by Gasteiger charge is -2.26. The van der Waals surface area contributed by atoms with Crippen LogP contribution in [0.15, 0.2) is 18.2 Å². The van der Waals surface area contributed by atoms with E-state index in [0.29, 0.717) is 0 Å². The normalized spacial score (nSPS) is 13.6. The Bertz CT molecular complexity index is 374. The van der Waals surface area contributed by atoms with Crippen LogP contribution >= 0.6 is 0 Å². The van der Waals surface area contributed by atoms with E-state index in [2.05, 4.69) is 26.1 Å². The second-order valence-corrected chi connectivity index (χ2v) is 5.36. The molecule has 0 aliphatic rings. The molecule has 1 aromatic rings. The molecule has 0 saturated heterocycles. The van der Waals surface area contributed by atoms with E-state index in [1.54, 1.807) is 12.1 Å².